The van der Waals surface area contributed by atoms with Gasteiger partial charge in [0.2, 0.25) is 0 Å². The summed E-state index contributed by atoms with van der Waals surface area (Å²) < 4.78 is 0. The Labute approximate surface area is 114 Å². The van der Waals surface area contributed by atoms with Gasteiger partial charge in [0.15, 0.2) is 0 Å². The van der Waals surface area contributed by atoms with Crippen LogP contribution >= 0.6 is 22.9 Å². The molecule has 0 aliphatic rings. The molecule has 0 bridgehead atoms. The van der Waals surface area contributed by atoms with Crippen molar-refractivity contribution in [2.75, 3.05) is 0 Å². The van der Waals surface area contributed by atoms with Crippen molar-refractivity contribution in [3.63, 3.8) is 0 Å². The molecule has 94 valence electrons. The fraction of sp³-hybridized carbons (Fsp3) is 0.250. The van der Waals surface area contributed by atoms with E-state index in [1.165, 1.54) is 12.4 Å². The van der Waals surface area contributed by atoms with Crippen LogP contribution in [0.1, 0.15) is 34.8 Å². The van der Waals surface area contributed by atoms with E-state index in [0.717, 1.165) is 11.3 Å². The number of thiophene rings is 1. The van der Waals surface area contributed by atoms with E-state index >= 15 is 0 Å². The maximum absolute atomic E-state index is 12.0. The largest absolute Gasteiger partial charge is 0.343 e. The first kappa shape index (κ1) is 13.0. The van der Waals surface area contributed by atoms with Gasteiger partial charge in [-0.05, 0) is 17.9 Å². The molecule has 0 aromatic carbocycles. The molecular formula is C12H12ClN3OS. The minimum atomic E-state index is -0.237. The highest BCUT2D eigenvalue weighted by atomic mass is 35.5. The third-order valence-corrected chi connectivity index (χ3v) is 3.63. The quantitative estimate of drug-likeness (QED) is 0.937. The van der Waals surface area contributed by atoms with Crippen LogP contribution in [0.4, 0.5) is 0 Å². The molecule has 2 rings (SSSR count). The van der Waals surface area contributed by atoms with Gasteiger partial charge < -0.3 is 5.32 Å². The molecule has 1 amide bonds. The SMILES string of the molecule is CCC(NC(=O)c1cnc(Cl)cn1)c1cccs1. The Kier molecular flexibility index (Phi) is 4.28. The number of hydrogen-bond donors (Lipinski definition) is 1. The highest BCUT2D eigenvalue weighted by Crippen LogP contribution is 2.21. The Morgan fingerprint density at radius 2 is 2.33 bits per heavy atom. The smallest absolute Gasteiger partial charge is 0.271 e. The van der Waals surface area contributed by atoms with Crippen molar-refractivity contribution < 1.29 is 4.79 Å². The summed E-state index contributed by atoms with van der Waals surface area (Å²) in [5.41, 5.74) is 0.273. The monoisotopic (exact) mass is 281 g/mol. The molecule has 0 saturated heterocycles. The molecule has 0 spiro atoms. The first-order chi connectivity index (χ1) is 8.70. The maximum Gasteiger partial charge on any atom is 0.271 e. The summed E-state index contributed by atoms with van der Waals surface area (Å²) in [6, 6.07) is 3.98. The highest BCUT2D eigenvalue weighted by molar-refractivity contribution is 7.10. The summed E-state index contributed by atoms with van der Waals surface area (Å²) in [4.78, 5) is 20.9. The molecule has 4 nitrogen and oxygen atoms in total. The second kappa shape index (κ2) is 5.93. The third kappa shape index (κ3) is 3.05. The Hall–Kier alpha value is -1.46. The average molecular weight is 282 g/mol. The Bertz CT molecular complexity index is 513. The number of nitrogens with one attached hydrogen (secondary N) is 1. The summed E-state index contributed by atoms with van der Waals surface area (Å²) >= 11 is 7.25. The number of halogens is 1. The van der Waals surface area contributed by atoms with Gasteiger partial charge in [0.1, 0.15) is 10.8 Å². The molecule has 0 radical (unpaired) electrons. The van der Waals surface area contributed by atoms with Crippen molar-refractivity contribution in [1.29, 1.82) is 0 Å². The number of carbonyl (C=O) groups excluding carboxylic acids is 1. The zero-order valence-corrected chi connectivity index (χ0v) is 11.3. The Balaban J connectivity index is 2.08. The van der Waals surface area contributed by atoms with Gasteiger partial charge in [-0.3, -0.25) is 4.79 Å². The van der Waals surface area contributed by atoms with Crippen LogP contribution in [0.3, 0.4) is 0 Å². The van der Waals surface area contributed by atoms with Crippen molar-refractivity contribution >= 4 is 28.8 Å². The Morgan fingerprint density at radius 3 is 2.89 bits per heavy atom. The van der Waals surface area contributed by atoms with Crippen LogP contribution in [-0.4, -0.2) is 15.9 Å². The van der Waals surface area contributed by atoms with Crippen LogP contribution in [0.2, 0.25) is 5.15 Å². The van der Waals surface area contributed by atoms with Crippen LogP contribution in [-0.2, 0) is 0 Å². The fourth-order valence-corrected chi connectivity index (χ4v) is 2.48. The van der Waals surface area contributed by atoms with E-state index in [4.69, 9.17) is 11.6 Å². The highest BCUT2D eigenvalue weighted by Gasteiger charge is 2.15. The lowest BCUT2D eigenvalue weighted by molar-refractivity contribution is 0.0931. The summed E-state index contributed by atoms with van der Waals surface area (Å²) in [5.74, 6) is -0.237. The molecular weight excluding hydrogens is 270 g/mol. The van der Waals surface area contributed by atoms with Crippen molar-refractivity contribution in [1.82, 2.24) is 15.3 Å². The molecule has 0 fully saturated rings. The number of carbonyl (C=O) groups is 1. The lowest BCUT2D eigenvalue weighted by Crippen LogP contribution is -2.28. The topological polar surface area (TPSA) is 54.9 Å². The van der Waals surface area contributed by atoms with Crippen molar-refractivity contribution in [2.24, 2.45) is 0 Å². The van der Waals surface area contributed by atoms with Gasteiger partial charge in [0.05, 0.1) is 18.4 Å². The third-order valence-electron chi connectivity index (χ3n) is 2.45. The molecule has 1 unspecified atom stereocenters. The van der Waals surface area contributed by atoms with E-state index in [-0.39, 0.29) is 22.8 Å². The predicted octanol–water partition coefficient (Wildman–Crippen LogP) is 3.07. The second-order valence-electron chi connectivity index (χ2n) is 3.67. The summed E-state index contributed by atoms with van der Waals surface area (Å²) in [6.45, 7) is 2.03. The number of rotatable bonds is 4. The van der Waals surface area contributed by atoms with Gasteiger partial charge in [-0.1, -0.05) is 24.6 Å². The second-order valence-corrected chi connectivity index (χ2v) is 5.04. The molecule has 2 aromatic heterocycles. The van der Waals surface area contributed by atoms with Crippen molar-refractivity contribution in [2.45, 2.75) is 19.4 Å². The summed E-state index contributed by atoms with van der Waals surface area (Å²) in [7, 11) is 0. The van der Waals surface area contributed by atoms with Crippen LogP contribution in [0.15, 0.2) is 29.9 Å². The van der Waals surface area contributed by atoms with Crippen LogP contribution in [0.25, 0.3) is 0 Å². The minimum absolute atomic E-state index is 0.00924. The van der Waals surface area contributed by atoms with Gasteiger partial charge in [-0.25, -0.2) is 9.97 Å². The van der Waals surface area contributed by atoms with Gasteiger partial charge >= 0.3 is 0 Å². The van der Waals surface area contributed by atoms with Crippen LogP contribution < -0.4 is 5.32 Å². The molecule has 2 heterocycles. The molecule has 1 atom stereocenters. The van der Waals surface area contributed by atoms with Crippen LogP contribution in [0.5, 0.6) is 0 Å². The molecule has 1 N–H and O–H groups in total. The standard InChI is InChI=1S/C12H12ClN3OS/c1-2-8(10-4-3-5-18-10)16-12(17)9-6-15-11(13)7-14-9/h3-8H,2H2,1H3,(H,16,17). The lowest BCUT2D eigenvalue weighted by Gasteiger charge is -2.14. The maximum atomic E-state index is 12.0. The summed E-state index contributed by atoms with van der Waals surface area (Å²) in [6.07, 6.45) is 3.56. The predicted molar refractivity (Wildman–Crippen MR) is 71.9 cm³/mol. The van der Waals surface area contributed by atoms with Gasteiger partial charge in [-0.15, -0.1) is 11.3 Å². The number of hydrogen-bond acceptors (Lipinski definition) is 4. The number of amides is 1. The molecule has 2 aromatic rings. The van der Waals surface area contributed by atoms with E-state index in [1.54, 1.807) is 11.3 Å². The van der Waals surface area contributed by atoms with Gasteiger partial charge in [0, 0.05) is 4.88 Å². The minimum Gasteiger partial charge on any atom is -0.343 e. The summed E-state index contributed by atoms with van der Waals surface area (Å²) in [5, 5.41) is 5.20. The number of nitrogens with zero attached hydrogens (tertiary/aromatic N) is 2. The van der Waals surface area contributed by atoms with E-state index in [9.17, 15) is 4.79 Å². The van der Waals surface area contributed by atoms with E-state index < -0.39 is 0 Å². The number of aromatic nitrogens is 2. The van der Waals surface area contributed by atoms with Crippen molar-refractivity contribution in [3.05, 3.63) is 45.6 Å². The molecule has 0 saturated carbocycles. The zero-order valence-electron chi connectivity index (χ0n) is 9.76. The van der Waals surface area contributed by atoms with Crippen LogP contribution in [0, 0.1) is 0 Å². The van der Waals surface area contributed by atoms with E-state index in [0.29, 0.717) is 0 Å². The van der Waals surface area contributed by atoms with E-state index in [1.807, 2.05) is 24.4 Å². The first-order valence-corrected chi connectivity index (χ1v) is 6.78. The lowest BCUT2D eigenvalue weighted by atomic mass is 10.2. The molecule has 0 aliphatic carbocycles. The van der Waals surface area contributed by atoms with E-state index in [2.05, 4.69) is 15.3 Å². The fourth-order valence-electron chi connectivity index (χ4n) is 1.53. The average Bonchev–Trinajstić information content (AvgIpc) is 2.90. The normalized spacial score (nSPS) is 12.1. The Morgan fingerprint density at radius 1 is 1.50 bits per heavy atom. The molecule has 18 heavy (non-hydrogen) atoms. The molecule has 6 heteroatoms. The first-order valence-electron chi connectivity index (χ1n) is 5.52. The van der Waals surface area contributed by atoms with Gasteiger partial charge in [-0.2, -0.15) is 0 Å². The molecule has 0 aliphatic heterocycles. The van der Waals surface area contributed by atoms with Crippen molar-refractivity contribution in [3.8, 4) is 0 Å². The van der Waals surface area contributed by atoms with Gasteiger partial charge in [0.25, 0.3) is 5.91 Å². The zero-order chi connectivity index (χ0) is 13.0.